The quantitative estimate of drug-likeness (QED) is 0.0754. The molecule has 0 atom stereocenters. The number of carbonyl (C=O) groups is 3. The number of nitro benzene ring substituents is 1. The molecule has 0 aliphatic carbocycles. The Hall–Kier alpha value is -4.64. The number of halogens is 2. The summed E-state index contributed by atoms with van der Waals surface area (Å²) in [6.07, 6.45) is 1.46. The molecule has 12 heteroatoms. The highest BCUT2D eigenvalue weighted by molar-refractivity contribution is 8.00. The van der Waals surface area contributed by atoms with Gasteiger partial charge in [-0.05, 0) is 72.3 Å². The fourth-order valence-electron chi connectivity index (χ4n) is 3.56. The second kappa shape index (κ2) is 14.3. The Bertz CT molecular complexity index is 1650. The van der Waals surface area contributed by atoms with Gasteiger partial charge in [-0.2, -0.15) is 0 Å². The second-order valence-corrected chi connectivity index (χ2v) is 10.6. The smallest absolute Gasteiger partial charge is 0.272 e. The lowest BCUT2D eigenvalue weighted by Crippen LogP contribution is -2.30. The van der Waals surface area contributed by atoms with Crippen LogP contribution in [0.4, 0.5) is 17.1 Å². The van der Waals surface area contributed by atoms with E-state index in [0.717, 1.165) is 4.90 Å². The lowest BCUT2D eigenvalue weighted by atomic mass is 10.1. The van der Waals surface area contributed by atoms with Crippen LogP contribution in [0.2, 0.25) is 10.0 Å². The molecule has 0 saturated carbocycles. The van der Waals surface area contributed by atoms with Crippen molar-refractivity contribution in [1.82, 2.24) is 5.32 Å². The number of non-ortho nitro benzene ring substituents is 1. The summed E-state index contributed by atoms with van der Waals surface area (Å²) < 4.78 is 0. The van der Waals surface area contributed by atoms with Crippen LogP contribution in [0.5, 0.6) is 0 Å². The van der Waals surface area contributed by atoms with Crippen molar-refractivity contribution in [2.24, 2.45) is 0 Å². The van der Waals surface area contributed by atoms with E-state index in [1.54, 1.807) is 66.7 Å². The van der Waals surface area contributed by atoms with Crippen LogP contribution in [-0.2, 0) is 9.59 Å². The monoisotopic (exact) mass is 620 g/mol. The fraction of sp³-hybridized carbons (Fsp3) is 0.0333. The molecule has 0 heterocycles. The Labute approximate surface area is 255 Å². The molecule has 0 aliphatic rings. The molecule has 0 aliphatic heterocycles. The van der Waals surface area contributed by atoms with Gasteiger partial charge in [0.25, 0.3) is 17.5 Å². The van der Waals surface area contributed by atoms with E-state index in [9.17, 15) is 24.5 Å². The van der Waals surface area contributed by atoms with Crippen molar-refractivity contribution in [3.05, 3.63) is 134 Å². The molecule has 3 N–H and O–H groups in total. The molecule has 42 heavy (non-hydrogen) atoms. The predicted molar refractivity (Wildman–Crippen MR) is 166 cm³/mol. The van der Waals surface area contributed by atoms with E-state index in [2.05, 4.69) is 16.0 Å². The summed E-state index contributed by atoms with van der Waals surface area (Å²) >= 11 is 13.6. The van der Waals surface area contributed by atoms with E-state index in [1.165, 1.54) is 48.2 Å². The average molecular weight is 622 g/mol. The van der Waals surface area contributed by atoms with Crippen LogP contribution in [0, 0.1) is 10.1 Å². The molecular weight excluding hydrogens is 599 g/mol. The van der Waals surface area contributed by atoms with Crippen molar-refractivity contribution >= 4 is 75.8 Å². The zero-order valence-corrected chi connectivity index (χ0v) is 24.0. The van der Waals surface area contributed by atoms with Gasteiger partial charge >= 0.3 is 0 Å². The summed E-state index contributed by atoms with van der Waals surface area (Å²) in [4.78, 5) is 49.4. The van der Waals surface area contributed by atoms with Gasteiger partial charge in [0.05, 0.1) is 10.7 Å². The third kappa shape index (κ3) is 8.68. The SMILES string of the molecule is O=C(CSc1ccc(NC(=O)/C(=C/c2ccc(Cl)cc2Cl)NC(=O)c2ccccc2)cc1)Nc1ccc([N+](=O)[O-])cc1. The maximum atomic E-state index is 13.2. The standard InChI is InChI=1S/C30H22Cl2N4O5S/c31-21-7-6-20(26(32)17-21)16-27(35-29(38)19-4-2-1-3-5-19)30(39)34-23-10-14-25(15-11-23)42-18-28(37)33-22-8-12-24(13-9-22)36(40)41/h1-17H,18H2,(H,33,37)(H,34,39)(H,35,38)/b27-16-. The normalized spacial score (nSPS) is 11.0. The summed E-state index contributed by atoms with van der Waals surface area (Å²) in [6.45, 7) is 0. The van der Waals surface area contributed by atoms with Crippen molar-refractivity contribution in [1.29, 1.82) is 0 Å². The van der Waals surface area contributed by atoms with Crippen LogP contribution in [0.15, 0.2) is 108 Å². The molecule has 212 valence electrons. The van der Waals surface area contributed by atoms with Crippen molar-refractivity contribution in [3.8, 4) is 0 Å². The molecule has 0 saturated heterocycles. The van der Waals surface area contributed by atoms with E-state index in [0.29, 0.717) is 32.5 Å². The van der Waals surface area contributed by atoms with E-state index >= 15 is 0 Å². The van der Waals surface area contributed by atoms with Gasteiger partial charge in [-0.1, -0.05) is 47.5 Å². The molecule has 9 nitrogen and oxygen atoms in total. The van der Waals surface area contributed by atoms with E-state index in [4.69, 9.17) is 23.2 Å². The van der Waals surface area contributed by atoms with Crippen LogP contribution in [0.25, 0.3) is 6.08 Å². The number of carbonyl (C=O) groups excluding carboxylic acids is 3. The minimum absolute atomic E-state index is 0.0329. The minimum Gasteiger partial charge on any atom is -0.325 e. The molecule has 4 aromatic carbocycles. The Morgan fingerprint density at radius 3 is 2.12 bits per heavy atom. The van der Waals surface area contributed by atoms with Gasteiger partial charge in [-0.3, -0.25) is 24.5 Å². The van der Waals surface area contributed by atoms with Crippen LogP contribution >= 0.6 is 35.0 Å². The number of benzene rings is 4. The third-order valence-corrected chi connectivity index (χ3v) is 7.21. The van der Waals surface area contributed by atoms with Crippen molar-refractivity contribution in [2.75, 3.05) is 16.4 Å². The lowest BCUT2D eigenvalue weighted by Gasteiger charge is -2.12. The molecular formula is C30H22Cl2N4O5S. The number of hydrogen-bond donors (Lipinski definition) is 3. The molecule has 4 aromatic rings. The largest absolute Gasteiger partial charge is 0.325 e. The van der Waals surface area contributed by atoms with Crippen molar-refractivity contribution < 1.29 is 19.3 Å². The summed E-state index contributed by atoms with van der Waals surface area (Å²) in [5, 5.41) is 19.6. The van der Waals surface area contributed by atoms with Gasteiger partial charge in [-0.25, -0.2) is 0 Å². The number of hydrogen-bond acceptors (Lipinski definition) is 6. The summed E-state index contributed by atoms with van der Waals surface area (Å²) in [5.41, 5.74) is 1.67. The van der Waals surface area contributed by atoms with Gasteiger partial charge in [0, 0.05) is 44.0 Å². The first-order valence-corrected chi connectivity index (χ1v) is 14.0. The summed E-state index contributed by atoms with van der Waals surface area (Å²) in [7, 11) is 0. The zero-order chi connectivity index (χ0) is 30.1. The van der Waals surface area contributed by atoms with E-state index in [1.807, 2.05) is 0 Å². The lowest BCUT2D eigenvalue weighted by molar-refractivity contribution is -0.384. The first-order valence-electron chi connectivity index (χ1n) is 12.3. The number of nitrogens with zero attached hydrogens (tertiary/aromatic N) is 1. The van der Waals surface area contributed by atoms with E-state index in [-0.39, 0.29) is 23.0 Å². The second-order valence-electron chi connectivity index (χ2n) is 8.66. The maximum Gasteiger partial charge on any atom is 0.272 e. The third-order valence-electron chi connectivity index (χ3n) is 5.64. The highest BCUT2D eigenvalue weighted by Gasteiger charge is 2.16. The van der Waals surface area contributed by atoms with Crippen molar-refractivity contribution in [2.45, 2.75) is 4.90 Å². The molecule has 0 aromatic heterocycles. The Balaban J connectivity index is 1.40. The topological polar surface area (TPSA) is 130 Å². The van der Waals surface area contributed by atoms with Crippen molar-refractivity contribution in [3.63, 3.8) is 0 Å². The van der Waals surface area contributed by atoms with Gasteiger partial charge < -0.3 is 16.0 Å². The fourth-order valence-corrected chi connectivity index (χ4v) is 4.72. The molecule has 0 spiro atoms. The Morgan fingerprint density at radius 1 is 0.833 bits per heavy atom. The number of thioether (sulfide) groups is 1. The first kappa shape index (κ1) is 30.3. The Morgan fingerprint density at radius 2 is 1.48 bits per heavy atom. The highest BCUT2D eigenvalue weighted by Crippen LogP contribution is 2.24. The van der Waals surface area contributed by atoms with Crippen LogP contribution in [0.3, 0.4) is 0 Å². The average Bonchev–Trinajstić information content (AvgIpc) is 2.98. The highest BCUT2D eigenvalue weighted by atomic mass is 35.5. The van der Waals surface area contributed by atoms with Crippen LogP contribution in [0.1, 0.15) is 15.9 Å². The molecule has 0 radical (unpaired) electrons. The first-order chi connectivity index (χ1) is 20.2. The number of rotatable bonds is 10. The number of nitrogens with one attached hydrogen (secondary N) is 3. The minimum atomic E-state index is -0.576. The molecule has 0 unspecified atom stereocenters. The number of amides is 3. The van der Waals surface area contributed by atoms with Gasteiger partial charge in [0.2, 0.25) is 5.91 Å². The molecule has 0 bridgehead atoms. The van der Waals surface area contributed by atoms with Crippen LogP contribution in [-0.4, -0.2) is 28.4 Å². The Kier molecular flexibility index (Phi) is 10.3. The number of nitro groups is 1. The molecule has 0 fully saturated rings. The zero-order valence-electron chi connectivity index (χ0n) is 21.7. The molecule has 3 amide bonds. The molecule has 4 rings (SSSR count). The predicted octanol–water partition coefficient (Wildman–Crippen LogP) is 7.04. The number of anilines is 2. The van der Waals surface area contributed by atoms with Gasteiger partial charge in [-0.15, -0.1) is 11.8 Å². The van der Waals surface area contributed by atoms with Gasteiger partial charge in [0.1, 0.15) is 5.70 Å². The van der Waals surface area contributed by atoms with E-state index < -0.39 is 16.7 Å². The summed E-state index contributed by atoms with van der Waals surface area (Å²) in [5.74, 6) is -1.23. The van der Waals surface area contributed by atoms with Crippen LogP contribution < -0.4 is 16.0 Å². The summed E-state index contributed by atoms with van der Waals surface area (Å²) in [6, 6.07) is 25.6. The maximum absolute atomic E-state index is 13.2. The van der Waals surface area contributed by atoms with Gasteiger partial charge in [0.15, 0.2) is 0 Å².